The molecule has 1 N–H and O–H groups in total. The molecule has 2 heterocycles. The van der Waals surface area contributed by atoms with Crippen LogP contribution in [-0.2, 0) is 18.4 Å². The maximum atomic E-state index is 12.4. The monoisotopic (exact) mass is 456 g/mol. The molecule has 2 aromatic heterocycles. The zero-order chi connectivity index (χ0) is 21.8. The van der Waals surface area contributed by atoms with E-state index in [1.165, 1.54) is 11.8 Å². The number of hydrogen-bond acceptors (Lipinski definition) is 6. The second-order valence-electron chi connectivity index (χ2n) is 6.94. The van der Waals surface area contributed by atoms with Gasteiger partial charge in [0.25, 0.3) is 0 Å². The topological polar surface area (TPSA) is 82.2 Å². The minimum Gasteiger partial charge on any atom is -0.484 e. The first-order chi connectivity index (χ1) is 15.0. The van der Waals surface area contributed by atoms with Crippen LogP contribution in [0.5, 0.6) is 5.75 Å². The van der Waals surface area contributed by atoms with Crippen LogP contribution < -0.4 is 10.1 Å². The number of carbonyl (C=O) groups excluding carboxylic acids is 1. The van der Waals surface area contributed by atoms with E-state index in [4.69, 9.17) is 20.8 Å². The molecule has 1 amide bonds. The first kappa shape index (κ1) is 21.3. The number of halogens is 1. The van der Waals surface area contributed by atoms with Crippen molar-refractivity contribution in [1.82, 2.24) is 20.1 Å². The van der Waals surface area contributed by atoms with Crippen molar-refractivity contribution in [2.24, 2.45) is 7.05 Å². The molecule has 0 bridgehead atoms. The Kier molecular flexibility index (Phi) is 6.48. The summed E-state index contributed by atoms with van der Waals surface area (Å²) in [4.78, 5) is 12.4. The van der Waals surface area contributed by atoms with Gasteiger partial charge in [0.1, 0.15) is 23.7 Å². The standard InChI is InChI=1S/C22H21ClN4O3S/c1-14(19-11-15-7-3-5-9-17(15)30-19)24-21(28)13-31-22-26-25-20(27(22)2)12-29-18-10-6-4-8-16(18)23/h3-11,14H,12-13H2,1-2H3,(H,24,28)/t14-/m0/s1. The number of nitrogens with one attached hydrogen (secondary N) is 1. The van der Waals surface area contributed by atoms with Crippen LogP contribution in [0.2, 0.25) is 5.02 Å². The van der Waals surface area contributed by atoms with Gasteiger partial charge in [0.2, 0.25) is 5.91 Å². The van der Waals surface area contributed by atoms with Crippen molar-refractivity contribution in [3.8, 4) is 5.75 Å². The highest BCUT2D eigenvalue weighted by atomic mass is 35.5. The Balaban J connectivity index is 1.30. The smallest absolute Gasteiger partial charge is 0.231 e. The average molecular weight is 457 g/mol. The molecule has 7 nitrogen and oxygen atoms in total. The molecule has 160 valence electrons. The SMILES string of the molecule is C[C@H](NC(=O)CSc1nnc(COc2ccccc2Cl)n1C)c1cc2ccccc2o1. The molecule has 0 aliphatic heterocycles. The molecule has 0 saturated carbocycles. The quantitative estimate of drug-likeness (QED) is 0.385. The predicted octanol–water partition coefficient (Wildman–Crippen LogP) is 4.76. The maximum Gasteiger partial charge on any atom is 0.231 e. The fraction of sp³-hybridized carbons (Fsp3) is 0.227. The lowest BCUT2D eigenvalue weighted by Gasteiger charge is -2.11. The van der Waals surface area contributed by atoms with Gasteiger partial charge in [0.05, 0.1) is 16.8 Å². The number of rotatable bonds is 8. The number of furan rings is 1. The fourth-order valence-electron chi connectivity index (χ4n) is 3.00. The Labute approximate surface area is 188 Å². The van der Waals surface area contributed by atoms with Crippen LogP contribution in [0, 0.1) is 0 Å². The van der Waals surface area contributed by atoms with E-state index < -0.39 is 0 Å². The Morgan fingerprint density at radius 3 is 2.81 bits per heavy atom. The van der Waals surface area contributed by atoms with Crippen LogP contribution >= 0.6 is 23.4 Å². The van der Waals surface area contributed by atoms with Crippen molar-refractivity contribution in [1.29, 1.82) is 0 Å². The summed E-state index contributed by atoms with van der Waals surface area (Å²) < 4.78 is 13.3. The molecule has 0 aliphatic carbocycles. The fourth-order valence-corrected chi connectivity index (χ4v) is 3.93. The molecule has 9 heteroatoms. The number of hydrogen-bond donors (Lipinski definition) is 1. The normalized spacial score (nSPS) is 12.1. The summed E-state index contributed by atoms with van der Waals surface area (Å²) in [5.41, 5.74) is 0.804. The van der Waals surface area contributed by atoms with Gasteiger partial charge in [-0.15, -0.1) is 10.2 Å². The summed E-state index contributed by atoms with van der Waals surface area (Å²) in [7, 11) is 1.84. The number of amides is 1. The summed E-state index contributed by atoms with van der Waals surface area (Å²) in [5.74, 6) is 2.04. The molecule has 2 aromatic carbocycles. The van der Waals surface area contributed by atoms with Gasteiger partial charge >= 0.3 is 0 Å². The average Bonchev–Trinajstić information content (AvgIpc) is 3.35. The number of carbonyl (C=O) groups is 1. The molecule has 4 rings (SSSR count). The third kappa shape index (κ3) is 5.03. The number of nitrogens with zero attached hydrogens (tertiary/aromatic N) is 3. The first-order valence-corrected chi connectivity index (χ1v) is 11.0. The van der Waals surface area contributed by atoms with Crippen molar-refractivity contribution < 1.29 is 13.9 Å². The lowest BCUT2D eigenvalue weighted by atomic mass is 10.2. The van der Waals surface area contributed by atoms with Crippen molar-refractivity contribution >= 4 is 40.2 Å². The molecule has 0 saturated heterocycles. The summed E-state index contributed by atoms with van der Waals surface area (Å²) >= 11 is 7.41. The highest BCUT2D eigenvalue weighted by Crippen LogP contribution is 2.25. The number of para-hydroxylation sites is 2. The van der Waals surface area contributed by atoms with Crippen LogP contribution in [0.15, 0.2) is 64.2 Å². The van der Waals surface area contributed by atoms with E-state index in [0.29, 0.717) is 21.8 Å². The highest BCUT2D eigenvalue weighted by Gasteiger charge is 2.16. The van der Waals surface area contributed by atoms with E-state index in [1.54, 1.807) is 16.7 Å². The van der Waals surface area contributed by atoms with Crippen LogP contribution in [-0.4, -0.2) is 26.4 Å². The first-order valence-electron chi connectivity index (χ1n) is 9.67. The van der Waals surface area contributed by atoms with Crippen molar-refractivity contribution in [2.45, 2.75) is 24.7 Å². The Morgan fingerprint density at radius 2 is 2.00 bits per heavy atom. The lowest BCUT2D eigenvalue weighted by molar-refractivity contribution is -0.119. The Bertz CT molecular complexity index is 1170. The van der Waals surface area contributed by atoms with Gasteiger partial charge < -0.3 is 19.0 Å². The van der Waals surface area contributed by atoms with Gasteiger partial charge in [-0.05, 0) is 31.2 Å². The predicted molar refractivity (Wildman–Crippen MR) is 120 cm³/mol. The highest BCUT2D eigenvalue weighted by molar-refractivity contribution is 7.99. The van der Waals surface area contributed by atoms with Crippen LogP contribution in [0.1, 0.15) is 24.6 Å². The van der Waals surface area contributed by atoms with Gasteiger partial charge in [-0.1, -0.05) is 53.7 Å². The largest absolute Gasteiger partial charge is 0.484 e. The maximum absolute atomic E-state index is 12.4. The van der Waals surface area contributed by atoms with Gasteiger partial charge in [-0.25, -0.2) is 0 Å². The number of thioether (sulfide) groups is 1. The third-order valence-corrected chi connectivity index (χ3v) is 6.03. The molecule has 0 fully saturated rings. The summed E-state index contributed by atoms with van der Waals surface area (Å²) in [6.07, 6.45) is 0. The number of ether oxygens (including phenoxy) is 1. The van der Waals surface area contributed by atoms with Gasteiger partial charge in [0, 0.05) is 12.4 Å². The van der Waals surface area contributed by atoms with E-state index in [2.05, 4.69) is 15.5 Å². The van der Waals surface area contributed by atoms with Crippen molar-refractivity contribution in [3.05, 3.63) is 71.2 Å². The number of fused-ring (bicyclic) bond motifs is 1. The van der Waals surface area contributed by atoms with Crippen LogP contribution in [0.3, 0.4) is 0 Å². The Morgan fingerprint density at radius 1 is 1.23 bits per heavy atom. The van der Waals surface area contributed by atoms with E-state index in [0.717, 1.165) is 16.7 Å². The van der Waals surface area contributed by atoms with Gasteiger partial charge in [-0.2, -0.15) is 0 Å². The molecule has 4 aromatic rings. The third-order valence-electron chi connectivity index (χ3n) is 4.70. The zero-order valence-electron chi connectivity index (χ0n) is 17.0. The molecule has 0 unspecified atom stereocenters. The molecule has 0 radical (unpaired) electrons. The minimum atomic E-state index is -0.237. The molecule has 1 atom stereocenters. The van der Waals surface area contributed by atoms with Crippen LogP contribution in [0.4, 0.5) is 0 Å². The summed E-state index contributed by atoms with van der Waals surface area (Å²) in [6, 6.07) is 16.7. The lowest BCUT2D eigenvalue weighted by Crippen LogP contribution is -2.28. The van der Waals surface area contributed by atoms with Crippen LogP contribution in [0.25, 0.3) is 11.0 Å². The molecule has 31 heavy (non-hydrogen) atoms. The molecule has 0 aliphatic rings. The van der Waals surface area contributed by atoms with E-state index >= 15 is 0 Å². The van der Waals surface area contributed by atoms with E-state index in [9.17, 15) is 4.79 Å². The Hall–Kier alpha value is -2.97. The summed E-state index contributed by atoms with van der Waals surface area (Å²) in [6.45, 7) is 2.12. The molecular formula is C22H21ClN4O3S. The van der Waals surface area contributed by atoms with E-state index in [1.807, 2.05) is 56.4 Å². The second-order valence-corrected chi connectivity index (χ2v) is 8.29. The minimum absolute atomic E-state index is 0.116. The van der Waals surface area contributed by atoms with Crippen molar-refractivity contribution in [2.75, 3.05) is 5.75 Å². The number of benzene rings is 2. The molecule has 0 spiro atoms. The zero-order valence-corrected chi connectivity index (χ0v) is 18.6. The second kappa shape index (κ2) is 9.45. The van der Waals surface area contributed by atoms with Gasteiger partial charge in [0.15, 0.2) is 11.0 Å². The van der Waals surface area contributed by atoms with E-state index in [-0.39, 0.29) is 24.3 Å². The molecular weight excluding hydrogens is 436 g/mol. The number of aromatic nitrogens is 3. The summed E-state index contributed by atoms with van der Waals surface area (Å²) in [5, 5.41) is 13.4. The van der Waals surface area contributed by atoms with Crippen molar-refractivity contribution in [3.63, 3.8) is 0 Å². The van der Waals surface area contributed by atoms with Gasteiger partial charge in [-0.3, -0.25) is 4.79 Å².